The third-order valence-electron chi connectivity index (χ3n) is 16.7. The zero-order valence-electron chi connectivity index (χ0n) is 47.4. The van der Waals surface area contributed by atoms with Crippen LogP contribution >= 0.6 is 0 Å². The van der Waals surface area contributed by atoms with Crippen molar-refractivity contribution in [3.63, 3.8) is 0 Å². The monoisotopic (exact) mass is 1120 g/mol. The molecule has 16 aromatic rings. The predicted molar refractivity (Wildman–Crippen MR) is 358 cm³/mol. The van der Waals surface area contributed by atoms with E-state index in [1.807, 2.05) is 97.3 Å². The van der Waals surface area contributed by atoms with E-state index in [1.165, 1.54) is 0 Å². The fraction of sp³-hybridized carbons (Fsp3) is 0. The molecule has 0 saturated heterocycles. The highest BCUT2D eigenvalue weighted by molar-refractivity contribution is 6.14. The van der Waals surface area contributed by atoms with Crippen LogP contribution in [-0.2, 0) is 0 Å². The summed E-state index contributed by atoms with van der Waals surface area (Å²) in [6.07, 6.45) is 3.97. The molecule has 9 aromatic carbocycles. The lowest BCUT2D eigenvalue weighted by molar-refractivity contribution is 1.09. The minimum Gasteiger partial charge on any atom is -0.307 e. The van der Waals surface area contributed by atoms with Gasteiger partial charge >= 0.3 is 0 Å². The van der Waals surface area contributed by atoms with Gasteiger partial charge in [-0.3, -0.25) is 4.98 Å². The first-order valence-corrected chi connectivity index (χ1v) is 29.3. The number of hydrogen-bond donors (Lipinski definition) is 0. The van der Waals surface area contributed by atoms with E-state index in [0.29, 0.717) is 5.56 Å². The Hall–Kier alpha value is -12.2. The summed E-state index contributed by atoms with van der Waals surface area (Å²) in [4.78, 5) is 26.4. The number of rotatable bonds is 11. The van der Waals surface area contributed by atoms with Crippen molar-refractivity contribution in [3.05, 3.63) is 309 Å². The van der Waals surface area contributed by atoms with Gasteiger partial charge in [0.25, 0.3) is 0 Å². The summed E-state index contributed by atoms with van der Waals surface area (Å²) in [5.74, 6) is 0. The summed E-state index contributed by atoms with van der Waals surface area (Å²) in [7, 11) is 0. The van der Waals surface area contributed by atoms with Crippen LogP contribution in [0.2, 0.25) is 0 Å². The molecular formula is C80H50N8. The van der Waals surface area contributed by atoms with Gasteiger partial charge in [0.2, 0.25) is 0 Å². The number of benzene rings is 9. The van der Waals surface area contributed by atoms with Gasteiger partial charge in [0.05, 0.1) is 103 Å². The first-order chi connectivity index (χ1) is 43.6. The summed E-state index contributed by atoms with van der Waals surface area (Å²) in [5.41, 5.74) is 23.0. The molecule has 0 amide bonds. The van der Waals surface area contributed by atoms with Crippen molar-refractivity contribution in [1.29, 1.82) is 5.26 Å². The van der Waals surface area contributed by atoms with Crippen molar-refractivity contribution in [2.24, 2.45) is 0 Å². The number of aromatic nitrogens is 7. The number of nitriles is 1. The summed E-state index contributed by atoms with van der Waals surface area (Å²) < 4.78 is 4.74. The Morgan fingerprint density at radius 3 is 0.784 bits per heavy atom. The summed E-state index contributed by atoms with van der Waals surface area (Å²) >= 11 is 0. The molecule has 0 fully saturated rings. The molecule has 0 aliphatic carbocycles. The van der Waals surface area contributed by atoms with Crippen LogP contribution in [-0.4, -0.2) is 34.1 Å². The zero-order chi connectivity index (χ0) is 58.5. The molecule has 0 saturated carbocycles. The van der Waals surface area contributed by atoms with Gasteiger partial charge in [-0.15, -0.1) is 0 Å². The Balaban J connectivity index is 0.981. The molecule has 7 heterocycles. The molecule has 7 aromatic heterocycles. The highest BCUT2D eigenvalue weighted by Crippen LogP contribution is 2.45. The quantitative estimate of drug-likeness (QED) is 0.128. The molecule has 0 radical (unpaired) electrons. The Morgan fingerprint density at radius 1 is 0.250 bits per heavy atom. The molecule has 410 valence electrons. The molecule has 88 heavy (non-hydrogen) atoms. The molecule has 0 spiro atoms. The summed E-state index contributed by atoms with van der Waals surface area (Å²) in [6.45, 7) is 0. The van der Waals surface area contributed by atoms with E-state index in [9.17, 15) is 5.26 Å². The van der Waals surface area contributed by atoms with E-state index in [0.717, 1.165) is 156 Å². The zero-order valence-corrected chi connectivity index (χ0v) is 47.4. The summed E-state index contributed by atoms with van der Waals surface area (Å²) in [5, 5.41) is 14.6. The van der Waals surface area contributed by atoms with Gasteiger partial charge in [-0.2, -0.15) is 5.26 Å². The van der Waals surface area contributed by atoms with Gasteiger partial charge in [0.15, 0.2) is 0 Å². The topological polar surface area (TPSA) is 98.1 Å². The smallest absolute Gasteiger partial charge is 0.0991 e. The van der Waals surface area contributed by atoms with Gasteiger partial charge in [0, 0.05) is 71.6 Å². The van der Waals surface area contributed by atoms with Crippen LogP contribution in [0.5, 0.6) is 0 Å². The van der Waals surface area contributed by atoms with E-state index >= 15 is 0 Å². The number of hydrogen-bond acceptors (Lipinski definition) is 6. The van der Waals surface area contributed by atoms with E-state index in [-0.39, 0.29) is 0 Å². The second kappa shape index (κ2) is 21.8. The predicted octanol–water partition coefficient (Wildman–Crippen LogP) is 19.7. The van der Waals surface area contributed by atoms with Gasteiger partial charge in [-0.05, 0) is 90.5 Å². The fourth-order valence-electron chi connectivity index (χ4n) is 12.4. The van der Waals surface area contributed by atoms with E-state index < -0.39 is 0 Å². The third-order valence-corrected chi connectivity index (χ3v) is 16.7. The van der Waals surface area contributed by atoms with Gasteiger partial charge in [0.1, 0.15) is 0 Å². The van der Waals surface area contributed by atoms with Gasteiger partial charge < -0.3 is 9.13 Å². The molecule has 0 N–H and O–H groups in total. The maximum absolute atomic E-state index is 10.3. The molecule has 0 bridgehead atoms. The SMILES string of the molecule is N#Cc1ccc(-c2c(-n3c4cc(-c5cccc(-c6ccccc6)n5)ccc4c4ccc(-c5cccc(-c6ccccc6)n5)cc43)cncc2-n2c3cc(-c4cccc(-c5ccccc5)n4)ccc3c3ccc(-c4cccc(-c5ccccc5)n4)cc32)cc1. The van der Waals surface area contributed by atoms with E-state index in [4.69, 9.17) is 24.9 Å². The molecule has 0 unspecified atom stereocenters. The number of fused-ring (bicyclic) bond motifs is 6. The lowest BCUT2D eigenvalue weighted by Crippen LogP contribution is -2.05. The van der Waals surface area contributed by atoms with Crippen LogP contribution in [0.4, 0.5) is 0 Å². The average Bonchev–Trinajstić information content (AvgIpc) is 1.66. The van der Waals surface area contributed by atoms with Crippen molar-refractivity contribution in [3.8, 4) is 119 Å². The van der Waals surface area contributed by atoms with Crippen molar-refractivity contribution < 1.29 is 0 Å². The third kappa shape index (κ3) is 9.24. The van der Waals surface area contributed by atoms with Crippen LogP contribution in [0.3, 0.4) is 0 Å². The maximum atomic E-state index is 10.3. The normalized spacial score (nSPS) is 11.4. The van der Waals surface area contributed by atoms with Crippen molar-refractivity contribution in [2.45, 2.75) is 0 Å². The standard InChI is InChI=1S/C80H50N8/c81-49-52-33-35-57(36-34-52)80-78(87-74-45-58(70-29-13-25-66(83-70)53-17-5-1-6-18-53)37-41-62(74)63-42-38-59(46-75(63)87)71-30-14-26-67(84-71)54-19-7-2-8-20-54)50-82-51-79(80)88-76-47-60(72-31-15-27-68(85-72)55-21-9-3-10-22-55)39-43-64(76)65-44-40-61(48-77(65)88)73-32-16-28-69(86-73)56-23-11-4-12-24-56/h1-48,50-51H. The first kappa shape index (κ1) is 51.5. The van der Waals surface area contributed by atoms with Crippen LogP contribution < -0.4 is 0 Å². The lowest BCUT2D eigenvalue weighted by atomic mass is 10.0. The Kier molecular flexibility index (Phi) is 12.7. The van der Waals surface area contributed by atoms with Crippen LogP contribution in [0.25, 0.3) is 156 Å². The fourth-order valence-corrected chi connectivity index (χ4v) is 12.4. The molecule has 8 heteroatoms. The number of nitrogens with zero attached hydrogens (tertiary/aromatic N) is 8. The minimum absolute atomic E-state index is 0.559. The molecular weight excluding hydrogens is 1070 g/mol. The molecule has 8 nitrogen and oxygen atoms in total. The van der Waals surface area contributed by atoms with Crippen LogP contribution in [0.1, 0.15) is 5.56 Å². The molecule has 16 rings (SSSR count). The van der Waals surface area contributed by atoms with Gasteiger partial charge in [-0.1, -0.05) is 206 Å². The van der Waals surface area contributed by atoms with Crippen LogP contribution in [0.15, 0.2) is 304 Å². The molecule has 0 atom stereocenters. The lowest BCUT2D eigenvalue weighted by Gasteiger charge is -2.20. The largest absolute Gasteiger partial charge is 0.307 e. The van der Waals surface area contributed by atoms with E-state index in [2.05, 4.69) is 221 Å². The Bertz CT molecular complexity index is 4790. The Morgan fingerprint density at radius 2 is 0.511 bits per heavy atom. The second-order valence-electron chi connectivity index (χ2n) is 21.9. The van der Waals surface area contributed by atoms with Crippen molar-refractivity contribution >= 4 is 43.6 Å². The highest BCUT2D eigenvalue weighted by Gasteiger charge is 2.25. The number of pyridine rings is 5. The Labute approximate surface area is 507 Å². The maximum Gasteiger partial charge on any atom is 0.0991 e. The van der Waals surface area contributed by atoms with E-state index in [1.54, 1.807) is 0 Å². The second-order valence-corrected chi connectivity index (χ2v) is 21.9. The summed E-state index contributed by atoms with van der Waals surface area (Å²) in [6, 6.07) is 103. The van der Waals surface area contributed by atoms with Gasteiger partial charge in [-0.25, -0.2) is 19.9 Å². The first-order valence-electron chi connectivity index (χ1n) is 29.3. The highest BCUT2D eigenvalue weighted by atomic mass is 15.0. The van der Waals surface area contributed by atoms with Crippen molar-refractivity contribution in [1.82, 2.24) is 34.1 Å². The molecule has 0 aliphatic rings. The molecule has 0 aliphatic heterocycles. The van der Waals surface area contributed by atoms with Crippen molar-refractivity contribution in [2.75, 3.05) is 0 Å². The van der Waals surface area contributed by atoms with Crippen LogP contribution in [0, 0.1) is 11.3 Å². The average molecular weight is 1120 g/mol. The minimum atomic E-state index is 0.559.